The summed E-state index contributed by atoms with van der Waals surface area (Å²) in [6.07, 6.45) is 1.08. The first-order chi connectivity index (χ1) is 13.0. The number of non-ortho nitro benzene ring substituents is 2. The molecule has 0 N–H and O–H groups in total. The molecule has 0 amide bonds. The van der Waals surface area contributed by atoms with Gasteiger partial charge in [-0.3, -0.25) is 20.2 Å². The van der Waals surface area contributed by atoms with Crippen molar-refractivity contribution in [2.75, 3.05) is 13.2 Å². The van der Waals surface area contributed by atoms with E-state index >= 15 is 0 Å². The summed E-state index contributed by atoms with van der Waals surface area (Å²) in [6.45, 7) is 1.23. The van der Waals surface area contributed by atoms with Gasteiger partial charge in [-0.15, -0.1) is 0 Å². The van der Waals surface area contributed by atoms with Crippen LogP contribution in [0.15, 0.2) is 36.4 Å². The van der Waals surface area contributed by atoms with E-state index in [0.29, 0.717) is 48.7 Å². The van der Waals surface area contributed by atoms with E-state index in [1.807, 2.05) is 0 Å². The molecule has 27 heavy (non-hydrogen) atoms. The highest BCUT2D eigenvalue weighted by Crippen LogP contribution is 2.35. The van der Waals surface area contributed by atoms with Crippen LogP contribution in [0.5, 0.6) is 11.5 Å². The van der Waals surface area contributed by atoms with Gasteiger partial charge in [-0.05, 0) is 12.1 Å². The zero-order valence-corrected chi connectivity index (χ0v) is 14.2. The fourth-order valence-electron chi connectivity index (χ4n) is 2.86. The Bertz CT molecular complexity index is 833. The number of nitro benzene ring substituents is 2. The van der Waals surface area contributed by atoms with Crippen molar-refractivity contribution in [2.24, 2.45) is 0 Å². The van der Waals surface area contributed by atoms with E-state index in [2.05, 4.69) is 0 Å². The molecule has 2 atom stereocenters. The zero-order valence-electron chi connectivity index (χ0n) is 14.2. The molecule has 2 aliphatic rings. The van der Waals surface area contributed by atoms with Crippen LogP contribution >= 0.6 is 0 Å². The highest BCUT2D eigenvalue weighted by Gasteiger charge is 2.28. The first-order valence-corrected chi connectivity index (χ1v) is 8.45. The molecule has 0 aliphatic carbocycles. The van der Waals surface area contributed by atoms with Gasteiger partial charge in [-0.2, -0.15) is 0 Å². The van der Waals surface area contributed by atoms with E-state index in [9.17, 15) is 20.2 Å². The normalized spacial score (nSPS) is 20.1. The quantitative estimate of drug-likeness (QED) is 0.396. The van der Waals surface area contributed by atoms with E-state index in [0.717, 1.165) is 0 Å². The second kappa shape index (κ2) is 6.93. The lowest BCUT2D eigenvalue weighted by Gasteiger charge is -2.14. The van der Waals surface area contributed by atoms with E-state index < -0.39 is 9.85 Å². The summed E-state index contributed by atoms with van der Waals surface area (Å²) in [6, 6.07) is 8.81. The lowest BCUT2D eigenvalue weighted by Crippen LogP contribution is -2.02. The predicted octanol–water partition coefficient (Wildman–Crippen LogP) is 3.18. The maximum atomic E-state index is 11.1. The van der Waals surface area contributed by atoms with Gasteiger partial charge in [0.05, 0.1) is 35.3 Å². The molecule has 2 saturated heterocycles. The van der Waals surface area contributed by atoms with Crippen LogP contribution in [-0.2, 0) is 22.3 Å². The second-order valence-electron chi connectivity index (χ2n) is 6.52. The first-order valence-electron chi connectivity index (χ1n) is 8.45. The van der Waals surface area contributed by atoms with Crippen LogP contribution < -0.4 is 4.74 Å². The van der Waals surface area contributed by atoms with Gasteiger partial charge in [0.1, 0.15) is 11.5 Å². The van der Waals surface area contributed by atoms with Crippen LogP contribution in [-0.4, -0.2) is 35.3 Å². The first kappa shape index (κ1) is 17.4. The molecule has 0 unspecified atom stereocenters. The molecule has 0 radical (unpaired) electrons. The zero-order chi connectivity index (χ0) is 19.0. The van der Waals surface area contributed by atoms with Crippen LogP contribution in [0.4, 0.5) is 11.4 Å². The largest absolute Gasteiger partial charge is 0.457 e. The average Bonchev–Trinajstić information content (AvgIpc) is 3.54. The molecule has 0 saturated carbocycles. The van der Waals surface area contributed by atoms with Crippen molar-refractivity contribution in [3.8, 4) is 11.5 Å². The fraction of sp³-hybridized carbons (Fsp3) is 0.333. The number of nitrogens with zero attached hydrogens (tertiary/aromatic N) is 2. The maximum absolute atomic E-state index is 11.1. The van der Waals surface area contributed by atoms with Crippen molar-refractivity contribution >= 4 is 11.4 Å². The summed E-state index contributed by atoms with van der Waals surface area (Å²) < 4.78 is 16.5. The Morgan fingerprint density at radius 2 is 1.26 bits per heavy atom. The Hall–Kier alpha value is -3.04. The van der Waals surface area contributed by atoms with Gasteiger partial charge in [0.15, 0.2) is 0 Å². The van der Waals surface area contributed by atoms with Gasteiger partial charge in [-0.25, -0.2) is 0 Å². The summed E-state index contributed by atoms with van der Waals surface area (Å²) >= 11 is 0. The summed E-state index contributed by atoms with van der Waals surface area (Å²) in [4.78, 5) is 21.2. The number of hydrogen-bond donors (Lipinski definition) is 0. The van der Waals surface area contributed by atoms with Crippen molar-refractivity contribution in [3.05, 3.63) is 67.8 Å². The van der Waals surface area contributed by atoms with Gasteiger partial charge in [0, 0.05) is 48.2 Å². The second-order valence-corrected chi connectivity index (χ2v) is 6.52. The third-order valence-electron chi connectivity index (χ3n) is 4.43. The Morgan fingerprint density at radius 3 is 1.59 bits per heavy atom. The molecule has 0 aromatic heterocycles. The fourth-order valence-corrected chi connectivity index (χ4v) is 2.86. The van der Waals surface area contributed by atoms with Crippen LogP contribution in [0.1, 0.15) is 11.1 Å². The highest BCUT2D eigenvalue weighted by atomic mass is 16.6. The average molecular weight is 372 g/mol. The number of epoxide rings is 2. The van der Waals surface area contributed by atoms with Gasteiger partial charge in [-0.1, -0.05) is 0 Å². The van der Waals surface area contributed by atoms with Crippen LogP contribution in [0.3, 0.4) is 0 Å². The topological polar surface area (TPSA) is 121 Å². The molecule has 2 fully saturated rings. The van der Waals surface area contributed by atoms with Gasteiger partial charge in [0.25, 0.3) is 11.4 Å². The number of rotatable bonds is 8. The molecule has 9 nitrogen and oxygen atoms in total. The predicted molar refractivity (Wildman–Crippen MR) is 93.2 cm³/mol. The van der Waals surface area contributed by atoms with Gasteiger partial charge >= 0.3 is 0 Å². The van der Waals surface area contributed by atoms with E-state index in [4.69, 9.17) is 14.2 Å². The van der Waals surface area contributed by atoms with E-state index in [-0.39, 0.29) is 23.6 Å². The smallest absolute Gasteiger partial charge is 0.269 e. The molecular weight excluding hydrogens is 356 g/mol. The summed E-state index contributed by atoms with van der Waals surface area (Å²) in [5.41, 5.74) is 1.29. The SMILES string of the molecule is O=[N+]([O-])c1ccc(Oc2ccc([N+](=O)[O-])cc2C[C@H]2CO2)c(C[C@H]2CO2)c1. The van der Waals surface area contributed by atoms with E-state index in [1.165, 1.54) is 24.3 Å². The molecular formula is C18H16N2O7. The summed E-state index contributed by atoms with van der Waals surface area (Å²) in [7, 11) is 0. The maximum Gasteiger partial charge on any atom is 0.269 e. The molecule has 2 heterocycles. The minimum Gasteiger partial charge on any atom is -0.457 e. The number of ether oxygens (including phenoxy) is 3. The van der Waals surface area contributed by atoms with Crippen molar-refractivity contribution < 1.29 is 24.1 Å². The van der Waals surface area contributed by atoms with Crippen molar-refractivity contribution in [2.45, 2.75) is 25.0 Å². The number of nitro groups is 2. The van der Waals surface area contributed by atoms with Gasteiger partial charge in [0.2, 0.25) is 0 Å². The Kier molecular flexibility index (Phi) is 4.46. The lowest BCUT2D eigenvalue weighted by atomic mass is 10.1. The van der Waals surface area contributed by atoms with Crippen molar-refractivity contribution in [1.82, 2.24) is 0 Å². The standard InChI is InChI=1S/C18H16N2O7/c21-19(22)13-1-3-17(11(5-13)7-15-9-25-15)27-18-4-2-14(20(23)24)6-12(18)8-16-10-26-16/h1-6,15-16H,7-10H2/t15-,16-/m0/s1. The van der Waals surface area contributed by atoms with Crippen molar-refractivity contribution in [1.29, 1.82) is 0 Å². The Balaban J connectivity index is 1.66. The minimum absolute atomic E-state index is 0.0201. The summed E-state index contributed by atoms with van der Waals surface area (Å²) in [5.74, 6) is 0.950. The van der Waals surface area contributed by atoms with Crippen LogP contribution in [0.2, 0.25) is 0 Å². The van der Waals surface area contributed by atoms with Crippen LogP contribution in [0.25, 0.3) is 0 Å². The molecule has 2 aliphatic heterocycles. The molecule has 9 heteroatoms. The number of hydrogen-bond acceptors (Lipinski definition) is 7. The molecule has 2 aromatic rings. The van der Waals surface area contributed by atoms with Crippen LogP contribution in [0, 0.1) is 20.2 Å². The third kappa shape index (κ3) is 4.21. The van der Waals surface area contributed by atoms with Crippen molar-refractivity contribution in [3.63, 3.8) is 0 Å². The Morgan fingerprint density at radius 1 is 0.852 bits per heavy atom. The Labute approximate surface area is 153 Å². The summed E-state index contributed by atoms with van der Waals surface area (Å²) in [5, 5.41) is 22.1. The molecule has 2 aromatic carbocycles. The number of benzene rings is 2. The minimum atomic E-state index is -0.456. The van der Waals surface area contributed by atoms with E-state index in [1.54, 1.807) is 12.1 Å². The monoisotopic (exact) mass is 372 g/mol. The molecule has 4 rings (SSSR count). The molecule has 0 bridgehead atoms. The molecule has 140 valence electrons. The lowest BCUT2D eigenvalue weighted by molar-refractivity contribution is -0.385. The van der Waals surface area contributed by atoms with Gasteiger partial charge < -0.3 is 14.2 Å². The third-order valence-corrected chi connectivity index (χ3v) is 4.43. The molecule has 0 spiro atoms. The highest BCUT2D eigenvalue weighted by molar-refractivity contribution is 5.50.